The largest absolute Gasteiger partial charge is 0.444 e. The van der Waals surface area contributed by atoms with Crippen molar-refractivity contribution in [3.8, 4) is 0 Å². The normalized spacial score (nSPS) is 20.9. The fourth-order valence-electron chi connectivity index (χ4n) is 2.30. The smallest absolute Gasteiger partial charge is 0.407 e. The number of aliphatic hydroxyl groups excluding tert-OH is 1. The lowest BCUT2D eigenvalue weighted by Gasteiger charge is -2.30. The number of ether oxygens (including phenoxy) is 1. The Hall–Kier alpha value is -2.22. The van der Waals surface area contributed by atoms with Gasteiger partial charge in [-0.05, 0) is 26.3 Å². The van der Waals surface area contributed by atoms with Crippen molar-refractivity contribution in [1.82, 2.24) is 10.3 Å². The van der Waals surface area contributed by atoms with Crippen LogP contribution in [0, 0.1) is 10.1 Å². The van der Waals surface area contributed by atoms with Gasteiger partial charge in [0.2, 0.25) is 0 Å². The summed E-state index contributed by atoms with van der Waals surface area (Å²) in [5.41, 5.74) is 0.533. The summed E-state index contributed by atoms with van der Waals surface area (Å²) < 4.78 is 5.16. The van der Waals surface area contributed by atoms with E-state index in [1.807, 2.05) is 0 Å². The molecule has 1 aromatic heterocycles. The molecule has 0 bridgehead atoms. The summed E-state index contributed by atoms with van der Waals surface area (Å²) in [5.74, 6) is 0. The Balaban J connectivity index is 2.09. The number of carbonyl (C=O) groups excluding carboxylic acids is 1. The van der Waals surface area contributed by atoms with Gasteiger partial charge in [-0.25, -0.2) is 4.79 Å². The van der Waals surface area contributed by atoms with Crippen LogP contribution in [-0.2, 0) is 17.6 Å². The van der Waals surface area contributed by atoms with E-state index in [-0.39, 0.29) is 12.1 Å². The van der Waals surface area contributed by atoms with Crippen LogP contribution in [0.25, 0.3) is 0 Å². The molecule has 0 fully saturated rings. The molecule has 0 unspecified atom stereocenters. The van der Waals surface area contributed by atoms with Gasteiger partial charge in [0.1, 0.15) is 11.8 Å². The average Bonchev–Trinajstić information content (AvgIpc) is 2.36. The van der Waals surface area contributed by atoms with Crippen LogP contribution in [0.4, 0.5) is 10.5 Å². The van der Waals surface area contributed by atoms with Crippen molar-refractivity contribution in [3.63, 3.8) is 0 Å². The monoisotopic (exact) mass is 309 g/mol. The molecule has 0 spiro atoms. The topological polar surface area (TPSA) is 115 Å². The maximum absolute atomic E-state index is 11.8. The summed E-state index contributed by atoms with van der Waals surface area (Å²) >= 11 is 0. The van der Waals surface area contributed by atoms with Crippen LogP contribution in [0.5, 0.6) is 0 Å². The minimum atomic E-state index is -0.844. The molecule has 0 saturated carbocycles. The molecule has 120 valence electrons. The number of pyridine rings is 1. The minimum absolute atomic E-state index is 0.107. The number of amides is 1. The Morgan fingerprint density at radius 2 is 2.18 bits per heavy atom. The highest BCUT2D eigenvalue weighted by Gasteiger charge is 2.31. The number of carbonyl (C=O) groups is 1. The number of hydrogen-bond acceptors (Lipinski definition) is 6. The second kappa shape index (κ2) is 5.88. The maximum Gasteiger partial charge on any atom is 0.407 e. The summed E-state index contributed by atoms with van der Waals surface area (Å²) in [6.45, 7) is 5.25. The van der Waals surface area contributed by atoms with E-state index in [0.717, 1.165) is 0 Å². The molecule has 0 radical (unpaired) electrons. The molecule has 8 heteroatoms. The molecule has 0 saturated heterocycles. The first-order valence-corrected chi connectivity index (χ1v) is 6.95. The Morgan fingerprint density at radius 1 is 1.50 bits per heavy atom. The molecule has 8 nitrogen and oxygen atoms in total. The van der Waals surface area contributed by atoms with Crippen molar-refractivity contribution in [2.75, 3.05) is 0 Å². The van der Waals surface area contributed by atoms with Crippen LogP contribution in [-0.4, -0.2) is 38.9 Å². The summed E-state index contributed by atoms with van der Waals surface area (Å²) in [4.78, 5) is 26.1. The van der Waals surface area contributed by atoms with E-state index in [1.165, 1.54) is 12.3 Å². The molecule has 2 atom stereocenters. The van der Waals surface area contributed by atoms with Gasteiger partial charge in [0.15, 0.2) is 0 Å². The highest BCUT2D eigenvalue weighted by atomic mass is 16.6. The van der Waals surface area contributed by atoms with Crippen molar-refractivity contribution in [1.29, 1.82) is 0 Å². The second-order valence-corrected chi connectivity index (χ2v) is 6.28. The first-order chi connectivity index (χ1) is 10.2. The van der Waals surface area contributed by atoms with Crippen LogP contribution in [0.15, 0.2) is 12.3 Å². The van der Waals surface area contributed by atoms with Gasteiger partial charge in [0.05, 0.1) is 17.1 Å². The fraction of sp³-hybridized carbons (Fsp3) is 0.571. The molecular weight excluding hydrogens is 290 g/mol. The molecule has 1 aromatic rings. The lowest BCUT2D eigenvalue weighted by molar-refractivity contribution is -0.385. The van der Waals surface area contributed by atoms with Gasteiger partial charge in [-0.3, -0.25) is 15.1 Å². The van der Waals surface area contributed by atoms with Crippen LogP contribution in [0.3, 0.4) is 0 Å². The van der Waals surface area contributed by atoms with Crippen LogP contribution < -0.4 is 5.32 Å². The fourth-order valence-corrected chi connectivity index (χ4v) is 2.30. The van der Waals surface area contributed by atoms with E-state index in [4.69, 9.17) is 4.74 Å². The van der Waals surface area contributed by atoms with Crippen LogP contribution >= 0.6 is 0 Å². The number of aromatic nitrogens is 1. The number of aliphatic hydroxyl groups is 1. The third-order valence-corrected chi connectivity index (χ3v) is 3.27. The molecule has 1 amide bonds. The quantitative estimate of drug-likeness (QED) is 0.629. The first kappa shape index (κ1) is 16.2. The van der Waals surface area contributed by atoms with E-state index in [0.29, 0.717) is 17.7 Å². The minimum Gasteiger partial charge on any atom is -0.444 e. The molecule has 0 aromatic carbocycles. The number of nitrogens with one attached hydrogen (secondary N) is 1. The number of rotatable bonds is 2. The number of nitrogens with zero attached hydrogens (tertiary/aromatic N) is 2. The van der Waals surface area contributed by atoms with Crippen LogP contribution in [0.1, 0.15) is 32.0 Å². The van der Waals surface area contributed by atoms with Crippen molar-refractivity contribution in [2.24, 2.45) is 0 Å². The van der Waals surface area contributed by atoms with E-state index < -0.39 is 28.8 Å². The molecule has 2 rings (SSSR count). The SMILES string of the molecule is CC(C)(C)OC(=O)N[C@H]1Cc2ncc([N+](=O)[O-])cc2C[C@@H]1O. The predicted octanol–water partition coefficient (Wildman–Crippen LogP) is 1.34. The zero-order valence-electron chi connectivity index (χ0n) is 12.7. The van der Waals surface area contributed by atoms with Gasteiger partial charge >= 0.3 is 6.09 Å². The predicted molar refractivity (Wildman–Crippen MR) is 77.5 cm³/mol. The van der Waals surface area contributed by atoms with Gasteiger partial charge in [-0.15, -0.1) is 0 Å². The van der Waals surface area contributed by atoms with Crippen molar-refractivity contribution < 1.29 is 19.6 Å². The molecule has 1 aliphatic rings. The maximum atomic E-state index is 11.8. The first-order valence-electron chi connectivity index (χ1n) is 6.95. The van der Waals surface area contributed by atoms with Crippen LogP contribution in [0.2, 0.25) is 0 Å². The van der Waals surface area contributed by atoms with Crippen molar-refractivity contribution in [3.05, 3.63) is 33.6 Å². The third kappa shape index (κ3) is 3.91. The number of fused-ring (bicyclic) bond motifs is 1. The van der Waals surface area contributed by atoms with Gasteiger partial charge in [-0.1, -0.05) is 0 Å². The Kier molecular flexibility index (Phi) is 4.32. The molecular formula is C14H19N3O5. The molecule has 1 aliphatic carbocycles. The number of nitro groups is 1. The zero-order valence-corrected chi connectivity index (χ0v) is 12.7. The van der Waals surface area contributed by atoms with E-state index >= 15 is 0 Å². The van der Waals surface area contributed by atoms with Gasteiger partial charge in [0.25, 0.3) is 5.69 Å². The standard InChI is InChI=1S/C14H19N3O5/c1-14(2,3)22-13(19)16-11-6-10-8(5-12(11)18)4-9(7-15-10)17(20)21/h4,7,11-12,18H,5-6H2,1-3H3,(H,16,19)/t11-,12-/m0/s1. The summed E-state index contributed by atoms with van der Waals surface area (Å²) in [6.07, 6.45) is 0.227. The van der Waals surface area contributed by atoms with E-state index in [2.05, 4.69) is 10.3 Å². The lowest BCUT2D eigenvalue weighted by Crippen LogP contribution is -2.49. The lowest BCUT2D eigenvalue weighted by atomic mass is 9.89. The second-order valence-electron chi connectivity index (χ2n) is 6.28. The van der Waals surface area contributed by atoms with Crippen molar-refractivity contribution in [2.45, 2.75) is 51.4 Å². The van der Waals surface area contributed by atoms with E-state index in [9.17, 15) is 20.0 Å². The third-order valence-electron chi connectivity index (χ3n) is 3.27. The summed E-state index contributed by atoms with van der Waals surface area (Å²) in [5, 5.41) is 23.5. The molecule has 22 heavy (non-hydrogen) atoms. The molecule has 0 aliphatic heterocycles. The van der Waals surface area contributed by atoms with Crippen molar-refractivity contribution >= 4 is 11.8 Å². The highest BCUT2D eigenvalue weighted by Crippen LogP contribution is 2.24. The average molecular weight is 309 g/mol. The number of alkyl carbamates (subject to hydrolysis) is 1. The van der Waals surface area contributed by atoms with Gasteiger partial charge in [-0.2, -0.15) is 0 Å². The Morgan fingerprint density at radius 3 is 2.77 bits per heavy atom. The Bertz CT molecular complexity index is 597. The summed E-state index contributed by atoms with van der Waals surface area (Å²) in [6, 6.07) is 0.881. The Labute approximate surface area is 127 Å². The summed E-state index contributed by atoms with van der Waals surface area (Å²) in [7, 11) is 0. The van der Waals surface area contributed by atoms with E-state index in [1.54, 1.807) is 20.8 Å². The number of hydrogen-bond donors (Lipinski definition) is 2. The highest BCUT2D eigenvalue weighted by molar-refractivity contribution is 5.68. The molecule has 2 N–H and O–H groups in total. The zero-order chi connectivity index (χ0) is 16.5. The van der Waals surface area contributed by atoms with Gasteiger partial charge < -0.3 is 15.2 Å². The molecule has 1 heterocycles. The van der Waals surface area contributed by atoms with Gasteiger partial charge in [0, 0.05) is 24.6 Å².